The maximum absolute atomic E-state index is 13.2. The lowest BCUT2D eigenvalue weighted by Crippen LogP contribution is -2.15. The average Bonchev–Trinajstić information content (AvgIpc) is 2.41. The van der Waals surface area contributed by atoms with Crippen LogP contribution in [0.1, 0.15) is 20.7 Å². The number of hydrogen-bond acceptors (Lipinski definition) is 3. The molecule has 0 aromatic heterocycles. The van der Waals surface area contributed by atoms with E-state index in [1.807, 2.05) is 0 Å². The number of phenols is 1. The van der Waals surface area contributed by atoms with E-state index in [9.17, 15) is 19.1 Å². The highest BCUT2D eigenvalue weighted by molar-refractivity contribution is 6.34. The van der Waals surface area contributed by atoms with E-state index in [0.717, 1.165) is 24.3 Å². The van der Waals surface area contributed by atoms with Gasteiger partial charge in [0.2, 0.25) is 0 Å². The molecule has 0 radical (unpaired) electrons. The van der Waals surface area contributed by atoms with E-state index in [0.29, 0.717) is 0 Å². The quantitative estimate of drug-likeness (QED) is 0.813. The molecule has 0 aliphatic heterocycles. The molecule has 0 atom stereocenters. The Kier molecular flexibility index (Phi) is 4.09. The van der Waals surface area contributed by atoms with Crippen LogP contribution in [0.3, 0.4) is 0 Å². The Balaban J connectivity index is 2.38. The van der Waals surface area contributed by atoms with Crippen LogP contribution in [0.25, 0.3) is 0 Å². The summed E-state index contributed by atoms with van der Waals surface area (Å²) >= 11 is 5.83. The second-order valence-electron chi connectivity index (χ2n) is 4.11. The van der Waals surface area contributed by atoms with E-state index in [1.165, 1.54) is 12.1 Å². The summed E-state index contributed by atoms with van der Waals surface area (Å²) in [5.74, 6) is -2.95. The molecule has 0 heterocycles. The van der Waals surface area contributed by atoms with Crippen LogP contribution in [0.5, 0.6) is 5.75 Å². The fourth-order valence-corrected chi connectivity index (χ4v) is 1.89. The van der Waals surface area contributed by atoms with E-state index < -0.39 is 17.7 Å². The lowest BCUT2D eigenvalue weighted by Gasteiger charge is -2.10. The fraction of sp³-hybridized carbons (Fsp3) is 0. The Morgan fingerprint density at radius 2 is 1.81 bits per heavy atom. The highest BCUT2D eigenvalue weighted by atomic mass is 35.5. The Labute approximate surface area is 123 Å². The molecule has 7 heteroatoms. The zero-order valence-electron chi connectivity index (χ0n) is 10.4. The molecular formula is C14H9ClFNO4. The van der Waals surface area contributed by atoms with Crippen molar-refractivity contribution in [2.24, 2.45) is 0 Å². The lowest BCUT2D eigenvalue weighted by atomic mass is 10.1. The van der Waals surface area contributed by atoms with Gasteiger partial charge in [0.1, 0.15) is 11.6 Å². The van der Waals surface area contributed by atoms with Gasteiger partial charge in [-0.15, -0.1) is 0 Å². The van der Waals surface area contributed by atoms with Gasteiger partial charge in [0.05, 0.1) is 21.8 Å². The Hall–Kier alpha value is -2.60. The van der Waals surface area contributed by atoms with Crippen LogP contribution < -0.4 is 5.32 Å². The zero-order chi connectivity index (χ0) is 15.6. The van der Waals surface area contributed by atoms with Crippen LogP contribution >= 0.6 is 11.6 Å². The molecule has 0 fully saturated rings. The number of hydrogen-bond donors (Lipinski definition) is 3. The van der Waals surface area contributed by atoms with Crippen molar-refractivity contribution in [2.75, 3.05) is 5.32 Å². The first-order valence-corrected chi connectivity index (χ1v) is 6.09. The summed E-state index contributed by atoms with van der Waals surface area (Å²) in [6.07, 6.45) is 0. The smallest absolute Gasteiger partial charge is 0.337 e. The third-order valence-electron chi connectivity index (χ3n) is 2.65. The average molecular weight is 310 g/mol. The molecule has 0 saturated heterocycles. The van der Waals surface area contributed by atoms with Gasteiger partial charge in [-0.25, -0.2) is 9.18 Å². The topological polar surface area (TPSA) is 86.6 Å². The second-order valence-corrected chi connectivity index (χ2v) is 4.52. The number of carbonyl (C=O) groups is 2. The Morgan fingerprint density at radius 3 is 2.48 bits per heavy atom. The van der Waals surface area contributed by atoms with Crippen molar-refractivity contribution in [1.29, 1.82) is 0 Å². The van der Waals surface area contributed by atoms with Crippen LogP contribution in [0.15, 0.2) is 36.4 Å². The number of aromatic carboxylic acids is 1. The van der Waals surface area contributed by atoms with Crippen molar-refractivity contribution < 1.29 is 24.2 Å². The molecule has 0 aliphatic rings. The lowest BCUT2D eigenvalue weighted by molar-refractivity contribution is 0.0698. The van der Waals surface area contributed by atoms with Crippen molar-refractivity contribution in [3.8, 4) is 5.75 Å². The molecule has 2 aromatic rings. The van der Waals surface area contributed by atoms with Gasteiger partial charge >= 0.3 is 5.97 Å². The first kappa shape index (κ1) is 14.8. The molecule has 1 amide bonds. The van der Waals surface area contributed by atoms with Crippen molar-refractivity contribution in [3.63, 3.8) is 0 Å². The fourth-order valence-electron chi connectivity index (χ4n) is 1.68. The molecular weight excluding hydrogens is 301 g/mol. The number of halogens is 2. The number of carboxylic acid groups (broad SMARTS) is 1. The number of carbonyl (C=O) groups excluding carboxylic acids is 1. The van der Waals surface area contributed by atoms with Gasteiger partial charge in [0.25, 0.3) is 5.91 Å². The van der Waals surface area contributed by atoms with Gasteiger partial charge < -0.3 is 15.5 Å². The summed E-state index contributed by atoms with van der Waals surface area (Å²) in [5, 5.41) is 20.7. The Morgan fingerprint density at radius 1 is 1.10 bits per heavy atom. The van der Waals surface area contributed by atoms with Gasteiger partial charge in [-0.05, 0) is 36.4 Å². The molecule has 0 bridgehead atoms. The van der Waals surface area contributed by atoms with Crippen molar-refractivity contribution in [2.45, 2.75) is 0 Å². The third-order valence-corrected chi connectivity index (χ3v) is 2.98. The number of benzene rings is 2. The van der Waals surface area contributed by atoms with E-state index in [4.69, 9.17) is 16.7 Å². The van der Waals surface area contributed by atoms with Gasteiger partial charge in [-0.1, -0.05) is 11.6 Å². The van der Waals surface area contributed by atoms with Crippen LogP contribution in [0, 0.1) is 5.82 Å². The first-order valence-electron chi connectivity index (χ1n) is 5.71. The second kappa shape index (κ2) is 5.80. The molecule has 2 rings (SSSR count). The molecule has 0 unspecified atom stereocenters. The predicted molar refractivity (Wildman–Crippen MR) is 74.4 cm³/mol. The van der Waals surface area contributed by atoms with Gasteiger partial charge in [-0.3, -0.25) is 4.79 Å². The first-order chi connectivity index (χ1) is 9.88. The number of nitrogens with one attached hydrogen (secondary N) is 1. The van der Waals surface area contributed by atoms with Gasteiger partial charge in [0, 0.05) is 0 Å². The SMILES string of the molecule is O=C(Nc1cc(F)ccc1C(=O)O)c1cc(O)ccc1Cl. The van der Waals surface area contributed by atoms with E-state index >= 15 is 0 Å². The van der Waals surface area contributed by atoms with Crippen LogP contribution in [0.2, 0.25) is 5.02 Å². The van der Waals surface area contributed by atoms with Crippen molar-refractivity contribution >= 4 is 29.2 Å². The number of carboxylic acids is 1. The zero-order valence-corrected chi connectivity index (χ0v) is 11.2. The van der Waals surface area contributed by atoms with Crippen molar-refractivity contribution in [1.82, 2.24) is 0 Å². The summed E-state index contributed by atoms with van der Waals surface area (Å²) in [4.78, 5) is 23.1. The molecule has 0 spiro atoms. The van der Waals surface area contributed by atoms with Crippen LogP contribution in [0.4, 0.5) is 10.1 Å². The van der Waals surface area contributed by atoms with E-state index in [-0.39, 0.29) is 27.6 Å². The molecule has 0 aliphatic carbocycles. The Bertz CT molecular complexity index is 733. The summed E-state index contributed by atoms with van der Waals surface area (Å²) in [6.45, 7) is 0. The third kappa shape index (κ3) is 3.29. The monoisotopic (exact) mass is 309 g/mol. The highest BCUT2D eigenvalue weighted by Gasteiger charge is 2.16. The minimum absolute atomic E-state index is 0.0581. The molecule has 0 saturated carbocycles. The molecule has 3 N–H and O–H groups in total. The summed E-state index contributed by atoms with van der Waals surface area (Å²) in [5.41, 5.74) is -0.523. The molecule has 108 valence electrons. The highest BCUT2D eigenvalue weighted by Crippen LogP contribution is 2.24. The van der Waals surface area contributed by atoms with Gasteiger partial charge in [0.15, 0.2) is 0 Å². The summed E-state index contributed by atoms with van der Waals surface area (Å²) < 4.78 is 13.2. The standard InChI is InChI=1S/C14H9ClFNO4/c15-11-4-2-8(18)6-10(11)13(19)17-12-5-7(16)1-3-9(12)14(20)21/h1-6,18H,(H,17,19)(H,20,21). The minimum Gasteiger partial charge on any atom is -0.508 e. The largest absolute Gasteiger partial charge is 0.508 e. The maximum atomic E-state index is 13.2. The summed E-state index contributed by atoms with van der Waals surface area (Å²) in [7, 11) is 0. The normalized spacial score (nSPS) is 10.2. The minimum atomic E-state index is -1.31. The number of aromatic hydroxyl groups is 1. The number of amides is 1. The molecule has 21 heavy (non-hydrogen) atoms. The molecule has 2 aromatic carbocycles. The van der Waals surface area contributed by atoms with Crippen LogP contribution in [-0.4, -0.2) is 22.1 Å². The van der Waals surface area contributed by atoms with E-state index in [2.05, 4.69) is 5.32 Å². The van der Waals surface area contributed by atoms with Gasteiger partial charge in [-0.2, -0.15) is 0 Å². The number of rotatable bonds is 3. The molecule has 5 nitrogen and oxygen atoms in total. The maximum Gasteiger partial charge on any atom is 0.337 e. The van der Waals surface area contributed by atoms with E-state index in [1.54, 1.807) is 0 Å². The number of phenolic OH excluding ortho intramolecular Hbond substituents is 1. The predicted octanol–water partition coefficient (Wildman–Crippen LogP) is 3.14. The van der Waals surface area contributed by atoms with Crippen molar-refractivity contribution in [3.05, 3.63) is 58.4 Å². The summed E-state index contributed by atoms with van der Waals surface area (Å²) in [6, 6.07) is 6.63. The van der Waals surface area contributed by atoms with Crippen LogP contribution in [-0.2, 0) is 0 Å². The number of anilines is 1.